The van der Waals surface area contributed by atoms with Gasteiger partial charge in [0.25, 0.3) is 0 Å². The number of nitrogens with one attached hydrogen (secondary N) is 1. The third-order valence-electron chi connectivity index (χ3n) is 4.92. The Labute approximate surface area is 157 Å². The molecule has 0 spiro atoms. The third kappa shape index (κ3) is 1.77. The summed E-state index contributed by atoms with van der Waals surface area (Å²) in [6.45, 7) is 0. The quantitative estimate of drug-likeness (QED) is 0.248. The molecule has 18 N–H and O–H groups in total. The van der Waals surface area contributed by atoms with Crippen LogP contribution in [0.4, 0.5) is 51.2 Å². The Morgan fingerprint density at radius 2 is 1.25 bits per heavy atom. The van der Waals surface area contributed by atoms with Crippen LogP contribution >= 0.6 is 0 Å². The molecule has 3 aromatic rings. The van der Waals surface area contributed by atoms with Crippen molar-refractivity contribution in [1.82, 2.24) is 4.98 Å². The summed E-state index contributed by atoms with van der Waals surface area (Å²) < 4.78 is 0. The predicted molar refractivity (Wildman–Crippen MR) is 112 cm³/mol. The highest BCUT2D eigenvalue weighted by Gasteiger charge is 2.35. The van der Waals surface area contributed by atoms with E-state index < -0.39 is 5.78 Å². The minimum Gasteiger partial charge on any atom is -0.505 e. The van der Waals surface area contributed by atoms with E-state index in [2.05, 4.69) is 9.98 Å². The number of fused-ring (bicyclic) bond motifs is 2. The molecular formula is C16H18N10O2. The lowest BCUT2D eigenvalue weighted by molar-refractivity contribution is 0.107. The van der Waals surface area contributed by atoms with Gasteiger partial charge in [-0.3, -0.25) is 4.79 Å². The van der Waals surface area contributed by atoms with Gasteiger partial charge in [-0.15, -0.1) is 0 Å². The van der Waals surface area contributed by atoms with E-state index in [0.29, 0.717) is 0 Å². The normalized spacial score (nSPS) is 13.1. The summed E-state index contributed by atoms with van der Waals surface area (Å²) in [6, 6.07) is 0. The van der Waals surface area contributed by atoms with Gasteiger partial charge in [0.05, 0.1) is 62.0 Å². The number of hydrogen-bond acceptors (Lipinski definition) is 11. The van der Waals surface area contributed by atoms with Crippen LogP contribution in [0.3, 0.4) is 0 Å². The molecule has 1 aliphatic heterocycles. The van der Waals surface area contributed by atoms with Gasteiger partial charge in [0.2, 0.25) is 5.78 Å². The molecule has 0 unspecified atom stereocenters. The topological polar surface area (TPSA) is 274 Å². The summed E-state index contributed by atoms with van der Waals surface area (Å²) in [5.74, 6) is -0.977. The first kappa shape index (κ1) is 17.0. The molecule has 0 amide bonds. The highest BCUT2D eigenvalue weighted by molar-refractivity contribution is 6.57. The summed E-state index contributed by atoms with van der Waals surface area (Å²) in [5, 5.41) is 10.8. The average Bonchev–Trinajstić information content (AvgIpc) is 3.18. The van der Waals surface area contributed by atoms with E-state index in [-0.39, 0.29) is 84.8 Å². The molecule has 0 saturated heterocycles. The molecular weight excluding hydrogens is 364 g/mol. The van der Waals surface area contributed by atoms with Gasteiger partial charge in [-0.25, -0.2) is 4.99 Å². The van der Waals surface area contributed by atoms with Crippen LogP contribution in [0.1, 0.15) is 16.1 Å². The van der Waals surface area contributed by atoms with Gasteiger partial charge in [-0.1, -0.05) is 0 Å². The number of H-pyrrole nitrogens is 1. The molecule has 2 heterocycles. The molecule has 0 bridgehead atoms. The van der Waals surface area contributed by atoms with Crippen LogP contribution in [0.15, 0.2) is 4.99 Å². The van der Waals surface area contributed by atoms with Crippen molar-refractivity contribution in [3.05, 3.63) is 11.3 Å². The zero-order chi connectivity index (χ0) is 20.7. The minimum atomic E-state index is -0.606. The number of aliphatic imine (C=N–C) groups is 1. The molecule has 1 aromatic heterocycles. The van der Waals surface area contributed by atoms with Crippen LogP contribution in [0.5, 0.6) is 5.75 Å². The lowest BCUT2D eigenvalue weighted by Gasteiger charge is -2.11. The van der Waals surface area contributed by atoms with Crippen molar-refractivity contribution in [3.63, 3.8) is 0 Å². The van der Waals surface area contributed by atoms with E-state index in [1.54, 1.807) is 0 Å². The van der Waals surface area contributed by atoms with Crippen molar-refractivity contribution >= 4 is 73.6 Å². The van der Waals surface area contributed by atoms with Gasteiger partial charge in [0.1, 0.15) is 17.1 Å². The van der Waals surface area contributed by atoms with E-state index in [0.717, 1.165) is 0 Å². The van der Waals surface area contributed by atoms with Gasteiger partial charge in [-0.05, 0) is 0 Å². The van der Waals surface area contributed by atoms with Gasteiger partial charge >= 0.3 is 0 Å². The van der Waals surface area contributed by atoms with Crippen molar-refractivity contribution in [1.29, 1.82) is 0 Å². The summed E-state index contributed by atoms with van der Waals surface area (Å²) in [6.07, 6.45) is 0. The highest BCUT2D eigenvalue weighted by Crippen LogP contribution is 2.48. The van der Waals surface area contributed by atoms with E-state index in [9.17, 15) is 9.90 Å². The Hall–Kier alpha value is -4.48. The maximum atomic E-state index is 13.0. The van der Waals surface area contributed by atoms with E-state index in [1.165, 1.54) is 0 Å². The Kier molecular flexibility index (Phi) is 3.05. The molecule has 2 aromatic carbocycles. The molecule has 144 valence electrons. The summed E-state index contributed by atoms with van der Waals surface area (Å²) in [5.41, 5.74) is 47.3. The zero-order valence-corrected chi connectivity index (χ0v) is 14.4. The van der Waals surface area contributed by atoms with Crippen molar-refractivity contribution in [3.8, 4) is 5.75 Å². The molecule has 12 heteroatoms. The number of ketones is 1. The number of nitrogens with zero attached hydrogens (tertiary/aromatic N) is 1. The summed E-state index contributed by atoms with van der Waals surface area (Å²) >= 11 is 0. The molecule has 0 atom stereocenters. The number of carbonyl (C=O) groups is 1. The third-order valence-corrected chi connectivity index (χ3v) is 4.92. The minimum absolute atomic E-state index is 0.00257. The molecule has 28 heavy (non-hydrogen) atoms. The molecule has 4 rings (SSSR count). The second-order valence-electron chi connectivity index (χ2n) is 6.42. The molecule has 0 radical (unpaired) electrons. The first-order valence-electron chi connectivity index (χ1n) is 7.93. The number of aromatic nitrogens is 1. The van der Waals surface area contributed by atoms with E-state index in [1.807, 2.05) is 0 Å². The van der Waals surface area contributed by atoms with Gasteiger partial charge in [0, 0.05) is 0 Å². The highest BCUT2D eigenvalue weighted by atomic mass is 16.3. The number of carbonyl (C=O) groups excluding carboxylic acids is 1. The van der Waals surface area contributed by atoms with Crippen molar-refractivity contribution in [2.24, 2.45) is 4.99 Å². The maximum Gasteiger partial charge on any atom is 0.218 e. The monoisotopic (exact) mass is 382 g/mol. The summed E-state index contributed by atoms with van der Waals surface area (Å²) in [7, 11) is 0. The Morgan fingerprint density at radius 3 is 1.89 bits per heavy atom. The van der Waals surface area contributed by atoms with Gasteiger partial charge in [0.15, 0.2) is 5.75 Å². The number of Topliss-reactive ketones (excluding diaryl/α,β-unsaturated/α-hetero) is 1. The molecule has 1 aliphatic rings. The first-order chi connectivity index (χ1) is 13.1. The number of aromatic hydroxyl groups is 1. The zero-order valence-electron chi connectivity index (χ0n) is 14.4. The Bertz CT molecular complexity index is 1270. The lowest BCUT2D eigenvalue weighted by atomic mass is 10.0. The standard InChI is InChI=1S/C16H18N10O2/c17-3-1-11(9(23)7(21)5(3)19)25-13(15(1)27)14-16(28)2-4(18)6(20)8(22)10(24)12(2)26-14/h25,27H,17-24H2. The van der Waals surface area contributed by atoms with Crippen LogP contribution in [0, 0.1) is 0 Å². The van der Waals surface area contributed by atoms with E-state index >= 15 is 0 Å². The van der Waals surface area contributed by atoms with Crippen LogP contribution in [-0.2, 0) is 0 Å². The molecule has 0 saturated carbocycles. The second-order valence-corrected chi connectivity index (χ2v) is 6.42. The number of rotatable bonds is 1. The predicted octanol–water partition coefficient (Wildman–Crippen LogP) is -0.152. The van der Waals surface area contributed by atoms with Gasteiger partial charge in [-0.2, -0.15) is 0 Å². The second kappa shape index (κ2) is 5.03. The fourth-order valence-corrected chi connectivity index (χ4v) is 3.30. The Morgan fingerprint density at radius 1 is 0.714 bits per heavy atom. The number of hydrogen-bond donors (Lipinski definition) is 10. The van der Waals surface area contributed by atoms with Gasteiger partial charge < -0.3 is 56.0 Å². The lowest BCUT2D eigenvalue weighted by Crippen LogP contribution is -2.15. The number of aromatic amines is 1. The fourth-order valence-electron chi connectivity index (χ4n) is 3.30. The molecule has 0 fully saturated rings. The largest absolute Gasteiger partial charge is 0.505 e. The SMILES string of the molecule is Nc1c(N)c(N)c2c(c1N)N=C(c1[nH]c3c(N)c(N)c(N)c(N)c3c1O)C2=O. The van der Waals surface area contributed by atoms with Crippen molar-refractivity contribution < 1.29 is 9.90 Å². The van der Waals surface area contributed by atoms with E-state index in [4.69, 9.17) is 45.9 Å². The smallest absolute Gasteiger partial charge is 0.218 e. The first-order valence-corrected chi connectivity index (χ1v) is 7.93. The van der Waals surface area contributed by atoms with Crippen LogP contribution in [0.25, 0.3) is 10.9 Å². The maximum absolute atomic E-state index is 13.0. The number of benzene rings is 2. The number of nitrogens with two attached hydrogens (primary N) is 8. The van der Waals surface area contributed by atoms with Crippen LogP contribution in [-0.4, -0.2) is 21.6 Å². The average molecular weight is 382 g/mol. The van der Waals surface area contributed by atoms with Crippen molar-refractivity contribution in [2.75, 3.05) is 45.9 Å². The molecule has 0 aliphatic carbocycles. The molecule has 12 nitrogen and oxygen atoms in total. The summed E-state index contributed by atoms with van der Waals surface area (Å²) in [4.78, 5) is 20.0. The van der Waals surface area contributed by atoms with Crippen molar-refractivity contribution in [2.45, 2.75) is 0 Å². The number of anilines is 8. The van der Waals surface area contributed by atoms with Crippen LogP contribution < -0.4 is 45.9 Å². The Balaban J connectivity index is 2.03. The fraction of sp³-hybridized carbons (Fsp3) is 0. The van der Waals surface area contributed by atoms with Crippen LogP contribution in [0.2, 0.25) is 0 Å². The number of nitrogen functional groups attached to an aromatic ring is 8.